The van der Waals surface area contributed by atoms with Gasteiger partial charge in [-0.3, -0.25) is 4.79 Å². The van der Waals surface area contributed by atoms with E-state index in [1.165, 1.54) is 5.56 Å². The fourth-order valence-electron chi connectivity index (χ4n) is 1.85. The minimum absolute atomic E-state index is 0.247. The van der Waals surface area contributed by atoms with E-state index in [0.29, 0.717) is 5.82 Å². The summed E-state index contributed by atoms with van der Waals surface area (Å²) in [5.41, 5.74) is 3.10. The quantitative estimate of drug-likeness (QED) is 0.702. The Kier molecular flexibility index (Phi) is 2.31. The van der Waals surface area contributed by atoms with E-state index in [-0.39, 0.29) is 6.04 Å². The third kappa shape index (κ3) is 1.54. The fourth-order valence-corrected chi connectivity index (χ4v) is 1.85. The number of imidazole rings is 1. The second-order valence-corrected chi connectivity index (χ2v) is 4.04. The summed E-state index contributed by atoms with van der Waals surface area (Å²) in [6.45, 7) is 6.14. The molecule has 1 heterocycles. The summed E-state index contributed by atoms with van der Waals surface area (Å²) in [5.74, 6) is 0.505. The van der Waals surface area contributed by atoms with Gasteiger partial charge in [-0.05, 0) is 38.5 Å². The molecule has 0 unspecified atom stereocenters. The number of aldehydes is 1. The molecule has 0 aliphatic carbocycles. The molecule has 0 amide bonds. The van der Waals surface area contributed by atoms with Crippen molar-refractivity contribution in [3.05, 3.63) is 29.6 Å². The van der Waals surface area contributed by atoms with Crippen molar-refractivity contribution in [3.8, 4) is 0 Å². The summed E-state index contributed by atoms with van der Waals surface area (Å²) in [5, 5.41) is 0. The summed E-state index contributed by atoms with van der Waals surface area (Å²) in [4.78, 5) is 15.2. The van der Waals surface area contributed by atoms with Crippen LogP contribution in [0.3, 0.4) is 0 Å². The van der Waals surface area contributed by atoms with E-state index in [1.54, 1.807) is 0 Å². The molecule has 78 valence electrons. The number of aromatic nitrogens is 2. The van der Waals surface area contributed by atoms with E-state index in [9.17, 15) is 4.79 Å². The van der Waals surface area contributed by atoms with Gasteiger partial charge < -0.3 is 4.57 Å². The van der Waals surface area contributed by atoms with Crippen LogP contribution in [0.4, 0.5) is 0 Å². The maximum absolute atomic E-state index is 10.9. The van der Waals surface area contributed by atoms with E-state index >= 15 is 0 Å². The maximum atomic E-state index is 10.9. The third-order valence-electron chi connectivity index (χ3n) is 2.49. The number of fused-ring (bicyclic) bond motifs is 1. The molecule has 3 nitrogen and oxygen atoms in total. The van der Waals surface area contributed by atoms with Crippen LogP contribution in [0.1, 0.15) is 36.1 Å². The first kappa shape index (κ1) is 9.90. The third-order valence-corrected chi connectivity index (χ3v) is 2.49. The van der Waals surface area contributed by atoms with Crippen LogP contribution in [-0.4, -0.2) is 15.8 Å². The average Bonchev–Trinajstić information content (AvgIpc) is 2.55. The molecule has 0 atom stereocenters. The summed E-state index contributed by atoms with van der Waals surface area (Å²) < 4.78 is 1.97. The van der Waals surface area contributed by atoms with Crippen molar-refractivity contribution in [3.63, 3.8) is 0 Å². The molecular weight excluding hydrogens is 188 g/mol. The molecular formula is C12H14N2O. The summed E-state index contributed by atoms with van der Waals surface area (Å²) in [7, 11) is 0. The van der Waals surface area contributed by atoms with Crippen LogP contribution < -0.4 is 0 Å². The van der Waals surface area contributed by atoms with Crippen molar-refractivity contribution in [1.82, 2.24) is 9.55 Å². The van der Waals surface area contributed by atoms with Gasteiger partial charge in [0, 0.05) is 6.04 Å². The monoisotopic (exact) mass is 202 g/mol. The van der Waals surface area contributed by atoms with Gasteiger partial charge in [-0.1, -0.05) is 6.07 Å². The second-order valence-electron chi connectivity index (χ2n) is 4.04. The number of nitrogens with zero attached hydrogens (tertiary/aromatic N) is 2. The lowest BCUT2D eigenvalue weighted by atomic mass is 10.2. The first-order valence-corrected chi connectivity index (χ1v) is 5.07. The molecule has 3 heteroatoms. The number of benzene rings is 1. The Balaban J connectivity index is 2.82. The Morgan fingerprint density at radius 3 is 2.73 bits per heavy atom. The van der Waals surface area contributed by atoms with E-state index in [1.807, 2.05) is 23.6 Å². The van der Waals surface area contributed by atoms with Crippen molar-refractivity contribution in [2.75, 3.05) is 0 Å². The normalized spacial score (nSPS) is 11.2. The van der Waals surface area contributed by atoms with Crippen LogP contribution in [0.25, 0.3) is 11.0 Å². The SMILES string of the molecule is Cc1ccc2nc(C=O)n(C(C)C)c2c1. The van der Waals surface area contributed by atoms with Gasteiger partial charge in [-0.2, -0.15) is 0 Å². The van der Waals surface area contributed by atoms with Crippen LogP contribution in [-0.2, 0) is 0 Å². The van der Waals surface area contributed by atoms with Crippen molar-refractivity contribution in [2.45, 2.75) is 26.8 Å². The predicted molar refractivity (Wildman–Crippen MR) is 60.2 cm³/mol. The number of aryl methyl sites for hydroxylation is 1. The van der Waals surface area contributed by atoms with Crippen LogP contribution in [0.5, 0.6) is 0 Å². The summed E-state index contributed by atoms with van der Waals surface area (Å²) >= 11 is 0. The first-order valence-electron chi connectivity index (χ1n) is 5.07. The van der Waals surface area contributed by atoms with Gasteiger partial charge >= 0.3 is 0 Å². The average molecular weight is 202 g/mol. The van der Waals surface area contributed by atoms with E-state index in [0.717, 1.165) is 17.3 Å². The van der Waals surface area contributed by atoms with Gasteiger partial charge in [-0.25, -0.2) is 4.98 Å². The Morgan fingerprint density at radius 2 is 2.13 bits per heavy atom. The Bertz CT molecular complexity index is 512. The molecule has 15 heavy (non-hydrogen) atoms. The molecule has 0 bridgehead atoms. The van der Waals surface area contributed by atoms with Crippen molar-refractivity contribution in [2.24, 2.45) is 0 Å². The predicted octanol–water partition coefficient (Wildman–Crippen LogP) is 2.74. The topological polar surface area (TPSA) is 34.9 Å². The highest BCUT2D eigenvalue weighted by Gasteiger charge is 2.11. The van der Waals surface area contributed by atoms with E-state index < -0.39 is 0 Å². The standard InChI is InChI=1S/C12H14N2O/c1-8(2)14-11-6-9(3)4-5-10(11)13-12(14)7-15/h4-8H,1-3H3. The van der Waals surface area contributed by atoms with E-state index in [4.69, 9.17) is 0 Å². The number of carbonyl (C=O) groups is 1. The first-order chi connectivity index (χ1) is 7.13. The summed E-state index contributed by atoms with van der Waals surface area (Å²) in [6, 6.07) is 6.28. The molecule has 0 radical (unpaired) electrons. The minimum atomic E-state index is 0.247. The van der Waals surface area contributed by atoms with Gasteiger partial charge in [-0.15, -0.1) is 0 Å². The molecule has 0 saturated carbocycles. The largest absolute Gasteiger partial charge is 0.319 e. The van der Waals surface area contributed by atoms with Gasteiger partial charge in [0.1, 0.15) is 0 Å². The zero-order valence-corrected chi connectivity index (χ0v) is 9.19. The highest BCUT2D eigenvalue weighted by molar-refractivity contribution is 5.83. The second kappa shape index (κ2) is 3.50. The smallest absolute Gasteiger partial charge is 0.185 e. The lowest BCUT2D eigenvalue weighted by Gasteiger charge is -2.09. The molecule has 0 fully saturated rings. The minimum Gasteiger partial charge on any atom is -0.319 e. The van der Waals surface area contributed by atoms with Crippen molar-refractivity contribution < 1.29 is 4.79 Å². The maximum Gasteiger partial charge on any atom is 0.185 e. The fraction of sp³-hybridized carbons (Fsp3) is 0.333. The van der Waals surface area contributed by atoms with E-state index in [2.05, 4.69) is 24.9 Å². The number of rotatable bonds is 2. The summed E-state index contributed by atoms with van der Waals surface area (Å²) in [6.07, 6.45) is 0.815. The molecule has 1 aromatic carbocycles. The number of hydrogen-bond acceptors (Lipinski definition) is 2. The Morgan fingerprint density at radius 1 is 1.40 bits per heavy atom. The zero-order valence-electron chi connectivity index (χ0n) is 9.19. The molecule has 2 aromatic rings. The molecule has 0 aliphatic rings. The molecule has 0 aliphatic heterocycles. The number of hydrogen-bond donors (Lipinski definition) is 0. The van der Waals surface area contributed by atoms with Gasteiger partial charge in [0.2, 0.25) is 0 Å². The zero-order chi connectivity index (χ0) is 11.0. The Labute approximate surface area is 88.7 Å². The molecule has 1 aromatic heterocycles. The van der Waals surface area contributed by atoms with Gasteiger partial charge in [0.25, 0.3) is 0 Å². The highest BCUT2D eigenvalue weighted by Crippen LogP contribution is 2.21. The van der Waals surface area contributed by atoms with Crippen LogP contribution in [0.15, 0.2) is 18.2 Å². The van der Waals surface area contributed by atoms with Crippen LogP contribution in [0.2, 0.25) is 0 Å². The molecule has 0 saturated heterocycles. The lowest BCUT2D eigenvalue weighted by molar-refractivity contribution is 0.111. The Hall–Kier alpha value is -1.64. The molecule has 0 N–H and O–H groups in total. The highest BCUT2D eigenvalue weighted by atomic mass is 16.1. The van der Waals surface area contributed by atoms with Gasteiger partial charge in [0.15, 0.2) is 12.1 Å². The van der Waals surface area contributed by atoms with Crippen molar-refractivity contribution in [1.29, 1.82) is 0 Å². The van der Waals surface area contributed by atoms with Crippen LogP contribution in [0, 0.1) is 6.92 Å². The number of carbonyl (C=O) groups excluding carboxylic acids is 1. The lowest BCUT2D eigenvalue weighted by Crippen LogP contribution is -2.05. The van der Waals surface area contributed by atoms with Crippen LogP contribution >= 0.6 is 0 Å². The van der Waals surface area contributed by atoms with Gasteiger partial charge in [0.05, 0.1) is 11.0 Å². The van der Waals surface area contributed by atoms with Crippen molar-refractivity contribution >= 4 is 17.3 Å². The molecule has 2 rings (SSSR count). The molecule has 0 spiro atoms.